The lowest BCUT2D eigenvalue weighted by atomic mass is 10.1. The minimum atomic E-state index is 0.0493. The first-order chi connectivity index (χ1) is 10.2. The van der Waals surface area contributed by atoms with Gasteiger partial charge < -0.3 is 10.8 Å². The number of phenolic OH excluding ortho intramolecular Hbond substituents is 1. The van der Waals surface area contributed by atoms with E-state index in [0.717, 1.165) is 5.39 Å². The zero-order chi connectivity index (χ0) is 14.8. The molecule has 0 radical (unpaired) electrons. The average Bonchev–Trinajstić information content (AvgIpc) is 2.51. The van der Waals surface area contributed by atoms with Gasteiger partial charge in [-0.3, -0.25) is 0 Å². The van der Waals surface area contributed by atoms with Crippen molar-refractivity contribution < 1.29 is 5.11 Å². The first-order valence-corrected chi connectivity index (χ1v) is 6.71. The van der Waals surface area contributed by atoms with Gasteiger partial charge in [0.25, 0.3) is 0 Å². The Hall–Kier alpha value is -2.59. The van der Waals surface area contributed by atoms with E-state index >= 15 is 0 Å². The summed E-state index contributed by atoms with van der Waals surface area (Å²) in [7, 11) is 0. The van der Waals surface area contributed by atoms with Crippen LogP contribution in [-0.2, 0) is 0 Å². The van der Waals surface area contributed by atoms with Crippen LogP contribution in [0.5, 0.6) is 5.75 Å². The zero-order valence-corrected chi connectivity index (χ0v) is 11.7. The Bertz CT molecular complexity index is 846. The SMILES string of the molecule is Nc1ccccc1N=Nc1cc(Cl)c2ccccc2c1O. The van der Waals surface area contributed by atoms with Gasteiger partial charge >= 0.3 is 0 Å². The molecule has 0 aromatic heterocycles. The van der Waals surface area contributed by atoms with Gasteiger partial charge in [-0.15, -0.1) is 10.2 Å². The summed E-state index contributed by atoms with van der Waals surface area (Å²) in [4.78, 5) is 0. The molecule has 0 aliphatic rings. The number of nitrogen functional groups attached to an aromatic ring is 1. The third-order valence-electron chi connectivity index (χ3n) is 3.15. The van der Waals surface area contributed by atoms with Crippen molar-refractivity contribution in [3.63, 3.8) is 0 Å². The summed E-state index contributed by atoms with van der Waals surface area (Å²) < 4.78 is 0. The summed E-state index contributed by atoms with van der Waals surface area (Å²) >= 11 is 6.21. The van der Waals surface area contributed by atoms with Gasteiger partial charge in [-0.25, -0.2) is 0 Å². The number of rotatable bonds is 2. The number of nitrogens with two attached hydrogens (primary N) is 1. The predicted molar refractivity (Wildman–Crippen MR) is 85.7 cm³/mol. The number of hydrogen-bond donors (Lipinski definition) is 2. The summed E-state index contributed by atoms with van der Waals surface area (Å²) in [6.45, 7) is 0. The number of azo groups is 1. The molecule has 4 nitrogen and oxygen atoms in total. The molecule has 3 rings (SSSR count). The summed E-state index contributed by atoms with van der Waals surface area (Å²) in [5.74, 6) is 0.0493. The topological polar surface area (TPSA) is 71.0 Å². The lowest BCUT2D eigenvalue weighted by Gasteiger charge is -2.06. The van der Waals surface area contributed by atoms with Crippen molar-refractivity contribution in [3.05, 3.63) is 59.6 Å². The number of fused-ring (bicyclic) bond motifs is 1. The van der Waals surface area contributed by atoms with Crippen LogP contribution in [0.2, 0.25) is 5.02 Å². The molecule has 0 fully saturated rings. The number of anilines is 1. The number of benzene rings is 3. The first kappa shape index (κ1) is 13.4. The van der Waals surface area contributed by atoms with E-state index in [1.807, 2.05) is 30.3 Å². The molecule has 104 valence electrons. The lowest BCUT2D eigenvalue weighted by Crippen LogP contribution is -1.83. The Morgan fingerprint density at radius 3 is 2.24 bits per heavy atom. The van der Waals surface area contributed by atoms with Gasteiger partial charge in [0.05, 0.1) is 10.7 Å². The van der Waals surface area contributed by atoms with E-state index in [1.165, 1.54) is 0 Å². The van der Waals surface area contributed by atoms with E-state index in [0.29, 0.717) is 27.5 Å². The fourth-order valence-corrected chi connectivity index (χ4v) is 2.33. The number of nitrogens with zero attached hydrogens (tertiary/aromatic N) is 2. The molecule has 0 saturated carbocycles. The van der Waals surface area contributed by atoms with E-state index in [4.69, 9.17) is 17.3 Å². The van der Waals surface area contributed by atoms with Gasteiger partial charge in [0.1, 0.15) is 11.4 Å². The lowest BCUT2D eigenvalue weighted by molar-refractivity contribution is 0.482. The van der Waals surface area contributed by atoms with Gasteiger partial charge in [-0.05, 0) is 18.2 Å². The van der Waals surface area contributed by atoms with Gasteiger partial charge in [-0.1, -0.05) is 48.0 Å². The quantitative estimate of drug-likeness (QED) is 0.504. The standard InChI is InChI=1S/C16H12ClN3O/c17-12-9-15(16(21)11-6-2-1-5-10(11)12)20-19-14-8-4-3-7-13(14)18/h1-9,21H,18H2. The second-order valence-electron chi connectivity index (χ2n) is 4.53. The summed E-state index contributed by atoms with van der Waals surface area (Å²) in [5.41, 5.74) is 7.17. The van der Waals surface area contributed by atoms with Crippen LogP contribution in [0.25, 0.3) is 10.8 Å². The third-order valence-corrected chi connectivity index (χ3v) is 3.46. The number of halogens is 1. The van der Waals surface area contributed by atoms with Crippen molar-refractivity contribution >= 4 is 39.4 Å². The molecule has 0 amide bonds. The van der Waals surface area contributed by atoms with E-state index in [2.05, 4.69) is 10.2 Å². The van der Waals surface area contributed by atoms with Gasteiger partial charge in [-0.2, -0.15) is 0 Å². The fraction of sp³-hybridized carbons (Fsp3) is 0. The molecular formula is C16H12ClN3O. The normalized spacial score (nSPS) is 11.3. The van der Waals surface area contributed by atoms with Crippen molar-refractivity contribution in [2.75, 3.05) is 5.73 Å². The molecule has 5 heteroatoms. The van der Waals surface area contributed by atoms with Crippen LogP contribution >= 0.6 is 11.6 Å². The molecular weight excluding hydrogens is 286 g/mol. The smallest absolute Gasteiger partial charge is 0.151 e. The summed E-state index contributed by atoms with van der Waals surface area (Å²) in [6.07, 6.45) is 0. The maximum Gasteiger partial charge on any atom is 0.151 e. The number of para-hydroxylation sites is 1. The van der Waals surface area contributed by atoms with Gasteiger partial charge in [0.2, 0.25) is 0 Å². The largest absolute Gasteiger partial charge is 0.505 e. The van der Waals surface area contributed by atoms with Crippen molar-refractivity contribution in [1.29, 1.82) is 0 Å². The highest BCUT2D eigenvalue weighted by atomic mass is 35.5. The maximum atomic E-state index is 10.3. The Balaban J connectivity index is 2.09. The molecule has 21 heavy (non-hydrogen) atoms. The zero-order valence-electron chi connectivity index (χ0n) is 11.0. The van der Waals surface area contributed by atoms with Gasteiger partial charge in [0, 0.05) is 10.8 Å². The molecule has 3 N–H and O–H groups in total. The van der Waals surface area contributed by atoms with Crippen LogP contribution in [0.1, 0.15) is 0 Å². The Kier molecular flexibility index (Phi) is 3.46. The van der Waals surface area contributed by atoms with E-state index in [9.17, 15) is 5.11 Å². The van der Waals surface area contributed by atoms with Crippen molar-refractivity contribution in [2.45, 2.75) is 0 Å². The van der Waals surface area contributed by atoms with Crippen molar-refractivity contribution in [1.82, 2.24) is 0 Å². The molecule has 0 atom stereocenters. The predicted octanol–water partition coefficient (Wildman–Crippen LogP) is 5.20. The van der Waals surface area contributed by atoms with Crippen LogP contribution in [-0.4, -0.2) is 5.11 Å². The highest BCUT2D eigenvalue weighted by Crippen LogP contribution is 2.40. The molecule has 0 unspecified atom stereocenters. The van der Waals surface area contributed by atoms with E-state index in [-0.39, 0.29) is 5.75 Å². The number of phenols is 1. The van der Waals surface area contributed by atoms with E-state index < -0.39 is 0 Å². The molecule has 0 aliphatic carbocycles. The summed E-state index contributed by atoms with van der Waals surface area (Å²) in [5, 5.41) is 20.3. The highest BCUT2D eigenvalue weighted by Gasteiger charge is 2.09. The van der Waals surface area contributed by atoms with Gasteiger partial charge in [0.15, 0.2) is 5.75 Å². The second-order valence-corrected chi connectivity index (χ2v) is 4.94. The van der Waals surface area contributed by atoms with Crippen LogP contribution < -0.4 is 5.73 Å². The monoisotopic (exact) mass is 297 g/mol. The minimum absolute atomic E-state index is 0.0493. The molecule has 0 aliphatic heterocycles. The first-order valence-electron chi connectivity index (χ1n) is 6.33. The van der Waals surface area contributed by atoms with Crippen LogP contribution in [0.3, 0.4) is 0 Å². The second kappa shape index (κ2) is 5.42. The Morgan fingerprint density at radius 1 is 0.857 bits per heavy atom. The Morgan fingerprint density at radius 2 is 1.48 bits per heavy atom. The molecule has 3 aromatic carbocycles. The molecule has 3 aromatic rings. The number of aromatic hydroxyl groups is 1. The highest BCUT2D eigenvalue weighted by molar-refractivity contribution is 6.36. The Labute approximate surface area is 126 Å². The van der Waals surface area contributed by atoms with Crippen LogP contribution in [0, 0.1) is 0 Å². The van der Waals surface area contributed by atoms with Crippen LogP contribution in [0.4, 0.5) is 17.1 Å². The molecule has 0 bridgehead atoms. The maximum absolute atomic E-state index is 10.3. The minimum Gasteiger partial charge on any atom is -0.505 e. The fourth-order valence-electron chi connectivity index (χ4n) is 2.06. The molecule has 0 heterocycles. The van der Waals surface area contributed by atoms with Crippen LogP contribution in [0.15, 0.2) is 64.8 Å². The van der Waals surface area contributed by atoms with Crippen molar-refractivity contribution in [3.8, 4) is 5.75 Å². The van der Waals surface area contributed by atoms with Crippen molar-refractivity contribution in [2.24, 2.45) is 10.2 Å². The number of hydrogen-bond acceptors (Lipinski definition) is 4. The summed E-state index contributed by atoms with van der Waals surface area (Å²) in [6, 6.07) is 16.0. The van der Waals surface area contributed by atoms with E-state index in [1.54, 1.807) is 24.3 Å². The molecule has 0 saturated heterocycles. The average molecular weight is 298 g/mol. The molecule has 0 spiro atoms. The third kappa shape index (κ3) is 2.53.